The molecule has 8 heteroatoms. The van der Waals surface area contributed by atoms with Gasteiger partial charge in [-0.3, -0.25) is 9.59 Å². The number of urea groups is 1. The molecule has 2 aliphatic heterocycles. The van der Waals surface area contributed by atoms with Gasteiger partial charge in [-0.05, 0) is 43.5 Å². The first-order valence-corrected chi connectivity index (χ1v) is 8.78. The molecule has 3 N–H and O–H groups in total. The number of nitrogens with two attached hydrogens (primary N) is 1. The first-order valence-electron chi connectivity index (χ1n) is 8.41. The van der Waals surface area contributed by atoms with Crippen LogP contribution in [-0.2, 0) is 9.59 Å². The molecule has 4 amide bonds. The first kappa shape index (κ1) is 17.7. The fourth-order valence-electron chi connectivity index (χ4n) is 3.38. The molecule has 2 saturated heterocycles. The van der Waals surface area contributed by atoms with Gasteiger partial charge in [-0.15, -0.1) is 0 Å². The number of rotatable bonds is 5. The van der Waals surface area contributed by atoms with E-state index in [0.717, 1.165) is 17.7 Å². The second kappa shape index (κ2) is 7.41. The normalized spacial score (nSPS) is 23.3. The van der Waals surface area contributed by atoms with Crippen LogP contribution in [0, 0.1) is 0 Å². The number of carbonyl (C=O) groups is 3. The van der Waals surface area contributed by atoms with Gasteiger partial charge in [0.15, 0.2) is 0 Å². The number of anilines is 1. The summed E-state index contributed by atoms with van der Waals surface area (Å²) in [6.45, 7) is 1.16. The number of likely N-dealkylation sites (tertiary alicyclic amines) is 1. The van der Waals surface area contributed by atoms with Crippen LogP contribution in [0.4, 0.5) is 10.5 Å². The SMILES string of the molecule is NC[C@@H]1CCCN1C(=O)CC[C@@H]1NC(=O)N(c2ccc(Cl)cc2)C1=O. The third kappa shape index (κ3) is 3.62. The van der Waals surface area contributed by atoms with Gasteiger partial charge in [0.1, 0.15) is 6.04 Å². The van der Waals surface area contributed by atoms with E-state index in [1.54, 1.807) is 29.2 Å². The molecule has 0 radical (unpaired) electrons. The molecule has 7 nitrogen and oxygen atoms in total. The number of benzene rings is 1. The van der Waals surface area contributed by atoms with Gasteiger partial charge in [0, 0.05) is 30.6 Å². The molecule has 2 fully saturated rings. The van der Waals surface area contributed by atoms with Gasteiger partial charge in [0.2, 0.25) is 5.91 Å². The third-order valence-electron chi connectivity index (χ3n) is 4.72. The topological polar surface area (TPSA) is 95.7 Å². The number of nitrogens with one attached hydrogen (secondary N) is 1. The van der Waals surface area contributed by atoms with Crippen LogP contribution in [-0.4, -0.2) is 47.9 Å². The molecule has 2 atom stereocenters. The van der Waals surface area contributed by atoms with Gasteiger partial charge < -0.3 is 16.0 Å². The Balaban J connectivity index is 1.61. The summed E-state index contributed by atoms with van der Waals surface area (Å²) in [7, 11) is 0. The Hall–Kier alpha value is -2.12. The number of amides is 4. The largest absolute Gasteiger partial charge is 0.338 e. The molecule has 0 saturated carbocycles. The van der Waals surface area contributed by atoms with E-state index in [0.29, 0.717) is 23.8 Å². The maximum absolute atomic E-state index is 12.5. The Morgan fingerprint density at radius 1 is 1.28 bits per heavy atom. The summed E-state index contributed by atoms with van der Waals surface area (Å²) in [6.07, 6.45) is 2.37. The van der Waals surface area contributed by atoms with E-state index in [9.17, 15) is 14.4 Å². The Morgan fingerprint density at radius 3 is 2.68 bits per heavy atom. The maximum Gasteiger partial charge on any atom is 0.329 e. The molecule has 0 spiro atoms. The highest BCUT2D eigenvalue weighted by Gasteiger charge is 2.39. The molecule has 3 rings (SSSR count). The lowest BCUT2D eigenvalue weighted by Gasteiger charge is -2.23. The minimum absolute atomic E-state index is 0.0139. The van der Waals surface area contributed by atoms with E-state index in [4.69, 9.17) is 17.3 Å². The molecule has 1 aromatic rings. The zero-order chi connectivity index (χ0) is 18.0. The average molecular weight is 365 g/mol. The van der Waals surface area contributed by atoms with Crippen LogP contribution >= 0.6 is 11.6 Å². The van der Waals surface area contributed by atoms with Crippen LogP contribution in [0.3, 0.4) is 0 Å². The summed E-state index contributed by atoms with van der Waals surface area (Å²) in [5, 5.41) is 3.17. The van der Waals surface area contributed by atoms with E-state index < -0.39 is 12.1 Å². The van der Waals surface area contributed by atoms with Crippen LogP contribution in [0.25, 0.3) is 0 Å². The zero-order valence-electron chi connectivity index (χ0n) is 13.8. The lowest BCUT2D eigenvalue weighted by molar-refractivity contribution is -0.132. The number of carbonyl (C=O) groups excluding carboxylic acids is 3. The lowest BCUT2D eigenvalue weighted by Crippen LogP contribution is -2.40. The van der Waals surface area contributed by atoms with E-state index in [1.807, 2.05) is 0 Å². The molecule has 134 valence electrons. The molecule has 2 heterocycles. The minimum Gasteiger partial charge on any atom is -0.338 e. The fourth-order valence-corrected chi connectivity index (χ4v) is 3.51. The molecule has 25 heavy (non-hydrogen) atoms. The van der Waals surface area contributed by atoms with Gasteiger partial charge in [-0.25, -0.2) is 9.69 Å². The molecular weight excluding hydrogens is 344 g/mol. The van der Waals surface area contributed by atoms with Crippen molar-refractivity contribution < 1.29 is 14.4 Å². The van der Waals surface area contributed by atoms with Gasteiger partial charge in [0.05, 0.1) is 5.69 Å². The second-order valence-corrected chi connectivity index (χ2v) is 6.75. The summed E-state index contributed by atoms with van der Waals surface area (Å²) in [5.41, 5.74) is 6.15. The standard InChI is InChI=1S/C17H21ClN4O3/c18-11-3-5-12(6-4-11)22-16(24)14(20-17(22)25)7-8-15(23)21-9-1-2-13(21)10-19/h3-6,13-14H,1-2,7-10,19H2,(H,20,25)/t13-,14-/m0/s1. The summed E-state index contributed by atoms with van der Waals surface area (Å²) in [5.74, 6) is -0.364. The van der Waals surface area contributed by atoms with Crippen molar-refractivity contribution in [2.45, 2.75) is 37.8 Å². The van der Waals surface area contributed by atoms with Crippen molar-refractivity contribution in [1.29, 1.82) is 0 Å². The summed E-state index contributed by atoms with van der Waals surface area (Å²) in [4.78, 5) is 39.9. The van der Waals surface area contributed by atoms with Crippen molar-refractivity contribution in [2.24, 2.45) is 5.73 Å². The number of hydrogen-bond donors (Lipinski definition) is 2. The molecular formula is C17H21ClN4O3. The van der Waals surface area contributed by atoms with E-state index in [-0.39, 0.29) is 30.7 Å². The van der Waals surface area contributed by atoms with E-state index in [1.165, 1.54) is 0 Å². The molecule has 1 aromatic carbocycles. The van der Waals surface area contributed by atoms with Crippen molar-refractivity contribution in [3.8, 4) is 0 Å². The van der Waals surface area contributed by atoms with Crippen LogP contribution in [0.1, 0.15) is 25.7 Å². The highest BCUT2D eigenvalue weighted by molar-refractivity contribution is 6.30. The number of hydrogen-bond acceptors (Lipinski definition) is 4. The molecule has 0 aliphatic carbocycles. The minimum atomic E-state index is -0.689. The highest BCUT2D eigenvalue weighted by Crippen LogP contribution is 2.24. The lowest BCUT2D eigenvalue weighted by atomic mass is 10.1. The predicted molar refractivity (Wildman–Crippen MR) is 94.3 cm³/mol. The number of nitrogens with zero attached hydrogens (tertiary/aromatic N) is 2. The number of halogens is 1. The summed E-state index contributed by atoms with van der Waals surface area (Å²) >= 11 is 5.84. The van der Waals surface area contributed by atoms with Crippen molar-refractivity contribution in [3.05, 3.63) is 29.3 Å². The Labute approximate surface area is 151 Å². The Kier molecular flexibility index (Phi) is 5.24. The number of imide groups is 1. The van der Waals surface area contributed by atoms with Crippen LogP contribution in [0.5, 0.6) is 0 Å². The van der Waals surface area contributed by atoms with Crippen molar-refractivity contribution in [3.63, 3.8) is 0 Å². The van der Waals surface area contributed by atoms with Gasteiger partial charge in [0.25, 0.3) is 5.91 Å². The molecule has 0 unspecified atom stereocenters. The third-order valence-corrected chi connectivity index (χ3v) is 4.97. The Morgan fingerprint density at radius 2 is 2.00 bits per heavy atom. The van der Waals surface area contributed by atoms with Crippen LogP contribution in [0.2, 0.25) is 5.02 Å². The van der Waals surface area contributed by atoms with Gasteiger partial charge >= 0.3 is 6.03 Å². The monoisotopic (exact) mass is 364 g/mol. The predicted octanol–water partition coefficient (Wildman–Crippen LogP) is 1.49. The zero-order valence-corrected chi connectivity index (χ0v) is 14.5. The van der Waals surface area contributed by atoms with Gasteiger partial charge in [-0.2, -0.15) is 0 Å². The van der Waals surface area contributed by atoms with E-state index >= 15 is 0 Å². The van der Waals surface area contributed by atoms with Crippen LogP contribution in [0.15, 0.2) is 24.3 Å². The first-order chi connectivity index (χ1) is 12.0. The Bertz CT molecular complexity index is 679. The molecule has 0 bridgehead atoms. The van der Waals surface area contributed by atoms with Crippen LogP contribution < -0.4 is 16.0 Å². The maximum atomic E-state index is 12.5. The van der Waals surface area contributed by atoms with Crippen molar-refractivity contribution >= 4 is 35.1 Å². The fraction of sp³-hybridized carbons (Fsp3) is 0.471. The smallest absolute Gasteiger partial charge is 0.329 e. The summed E-state index contributed by atoms with van der Waals surface area (Å²) < 4.78 is 0. The second-order valence-electron chi connectivity index (χ2n) is 6.31. The van der Waals surface area contributed by atoms with Gasteiger partial charge in [-0.1, -0.05) is 11.6 Å². The summed E-state index contributed by atoms with van der Waals surface area (Å²) in [6, 6.07) is 5.39. The van der Waals surface area contributed by atoms with Crippen molar-refractivity contribution in [1.82, 2.24) is 10.2 Å². The van der Waals surface area contributed by atoms with Crippen molar-refractivity contribution in [2.75, 3.05) is 18.0 Å². The quantitative estimate of drug-likeness (QED) is 0.774. The van der Waals surface area contributed by atoms with E-state index in [2.05, 4.69) is 5.32 Å². The highest BCUT2D eigenvalue weighted by atomic mass is 35.5. The average Bonchev–Trinajstić information content (AvgIpc) is 3.18. The molecule has 0 aromatic heterocycles. The molecule has 2 aliphatic rings.